The summed E-state index contributed by atoms with van der Waals surface area (Å²) in [5, 5.41) is 0. The molecule has 0 aromatic heterocycles. The summed E-state index contributed by atoms with van der Waals surface area (Å²) in [5.74, 6) is -1.00. The lowest BCUT2D eigenvalue weighted by Gasteiger charge is -2.14. The van der Waals surface area contributed by atoms with Crippen molar-refractivity contribution >= 4 is 23.5 Å². The van der Waals surface area contributed by atoms with Gasteiger partial charge in [0.05, 0.1) is 30.3 Å². The van der Waals surface area contributed by atoms with Gasteiger partial charge in [-0.3, -0.25) is 14.4 Å². The molecule has 0 bridgehead atoms. The van der Waals surface area contributed by atoms with Gasteiger partial charge >= 0.3 is 5.97 Å². The van der Waals surface area contributed by atoms with Crippen molar-refractivity contribution in [3.8, 4) is 0 Å². The molecule has 0 saturated carbocycles. The maximum atomic E-state index is 12.3. The van der Waals surface area contributed by atoms with Crippen LogP contribution in [0.3, 0.4) is 0 Å². The zero-order valence-electron chi connectivity index (χ0n) is 11.9. The van der Waals surface area contributed by atoms with E-state index in [0.29, 0.717) is 16.8 Å². The number of ether oxygens (including phenoxy) is 1. The smallest absolute Gasteiger partial charge is 0.309 e. The molecule has 1 aliphatic rings. The third kappa shape index (κ3) is 2.26. The lowest BCUT2D eigenvalue weighted by atomic mass is 10.1. The minimum Gasteiger partial charge on any atom is -0.469 e. The molecule has 2 amide bonds. The van der Waals surface area contributed by atoms with E-state index in [2.05, 4.69) is 4.74 Å². The van der Waals surface area contributed by atoms with E-state index in [1.807, 2.05) is 0 Å². The van der Waals surface area contributed by atoms with Crippen LogP contribution >= 0.6 is 0 Å². The molecule has 5 nitrogen and oxygen atoms in total. The molecule has 0 atom stereocenters. The Morgan fingerprint density at radius 2 is 1.50 bits per heavy atom. The van der Waals surface area contributed by atoms with E-state index < -0.39 is 0 Å². The van der Waals surface area contributed by atoms with Gasteiger partial charge in [-0.25, -0.2) is 4.90 Å². The lowest BCUT2D eigenvalue weighted by molar-refractivity contribution is -0.139. The standard InChI is InChI=1S/C17H13NO4/c1-22-15(19)10-11-6-8-12(9-7-11)18-16(20)13-4-2-3-5-14(13)17(18)21/h2-9H,10H2,1H3. The topological polar surface area (TPSA) is 63.7 Å². The number of nitrogens with zero attached hydrogens (tertiary/aromatic N) is 1. The van der Waals surface area contributed by atoms with Crippen molar-refractivity contribution in [2.24, 2.45) is 0 Å². The molecule has 1 aliphatic heterocycles. The first-order valence-electron chi connectivity index (χ1n) is 6.75. The van der Waals surface area contributed by atoms with Gasteiger partial charge in [-0.1, -0.05) is 24.3 Å². The molecule has 2 aromatic rings. The highest BCUT2D eigenvalue weighted by Crippen LogP contribution is 2.28. The average Bonchev–Trinajstić information content (AvgIpc) is 2.80. The summed E-state index contributed by atoms with van der Waals surface area (Å²) in [7, 11) is 1.33. The second-order valence-corrected chi connectivity index (χ2v) is 4.91. The van der Waals surface area contributed by atoms with Crippen LogP contribution in [0.5, 0.6) is 0 Å². The number of hydrogen-bond acceptors (Lipinski definition) is 4. The molecule has 0 fully saturated rings. The van der Waals surface area contributed by atoms with Crippen molar-refractivity contribution in [2.45, 2.75) is 6.42 Å². The summed E-state index contributed by atoms with van der Waals surface area (Å²) >= 11 is 0. The highest BCUT2D eigenvalue weighted by atomic mass is 16.5. The second-order valence-electron chi connectivity index (χ2n) is 4.91. The summed E-state index contributed by atoms with van der Waals surface area (Å²) in [6.07, 6.45) is 0.152. The molecule has 1 heterocycles. The normalized spacial score (nSPS) is 13.2. The van der Waals surface area contributed by atoms with E-state index in [4.69, 9.17) is 0 Å². The van der Waals surface area contributed by atoms with Gasteiger partial charge in [0.2, 0.25) is 0 Å². The first-order chi connectivity index (χ1) is 10.6. The van der Waals surface area contributed by atoms with Crippen LogP contribution in [0, 0.1) is 0 Å². The fraction of sp³-hybridized carbons (Fsp3) is 0.118. The SMILES string of the molecule is COC(=O)Cc1ccc(N2C(=O)c3ccccc3C2=O)cc1. The Balaban J connectivity index is 1.88. The molecule has 2 aromatic carbocycles. The van der Waals surface area contributed by atoms with Gasteiger partial charge in [0.1, 0.15) is 0 Å². The summed E-state index contributed by atoms with van der Waals surface area (Å²) in [6, 6.07) is 13.5. The van der Waals surface area contributed by atoms with Crippen molar-refractivity contribution in [3.05, 3.63) is 65.2 Å². The third-order valence-corrected chi connectivity index (χ3v) is 3.56. The molecule has 0 spiro atoms. The lowest BCUT2D eigenvalue weighted by Crippen LogP contribution is -2.29. The number of anilines is 1. The van der Waals surface area contributed by atoms with E-state index in [-0.39, 0.29) is 24.2 Å². The van der Waals surface area contributed by atoms with Crippen LogP contribution in [0.25, 0.3) is 0 Å². The van der Waals surface area contributed by atoms with E-state index in [0.717, 1.165) is 10.5 Å². The molecule has 0 unspecified atom stereocenters. The molecule has 0 radical (unpaired) electrons. The number of amides is 2. The fourth-order valence-electron chi connectivity index (χ4n) is 2.43. The van der Waals surface area contributed by atoms with E-state index in [1.54, 1.807) is 48.5 Å². The van der Waals surface area contributed by atoms with E-state index >= 15 is 0 Å². The Morgan fingerprint density at radius 3 is 2.00 bits per heavy atom. The molecular weight excluding hydrogens is 282 g/mol. The summed E-state index contributed by atoms with van der Waals surface area (Å²) < 4.78 is 4.60. The van der Waals surface area contributed by atoms with Crippen molar-refractivity contribution in [1.29, 1.82) is 0 Å². The van der Waals surface area contributed by atoms with Gasteiger partial charge in [0.25, 0.3) is 11.8 Å². The second kappa shape index (κ2) is 5.44. The quantitative estimate of drug-likeness (QED) is 0.643. The van der Waals surface area contributed by atoms with Crippen LogP contribution < -0.4 is 4.90 Å². The van der Waals surface area contributed by atoms with Gasteiger partial charge in [0, 0.05) is 0 Å². The molecule has 0 aliphatic carbocycles. The summed E-state index contributed by atoms with van der Waals surface area (Å²) in [5.41, 5.74) is 2.06. The Kier molecular flexibility index (Phi) is 3.47. The predicted octanol–water partition coefficient (Wildman–Crippen LogP) is 2.20. The Hall–Kier alpha value is -2.95. The highest BCUT2D eigenvalue weighted by Gasteiger charge is 2.36. The highest BCUT2D eigenvalue weighted by molar-refractivity contribution is 6.34. The molecule has 5 heteroatoms. The summed E-state index contributed by atoms with van der Waals surface area (Å²) in [6.45, 7) is 0. The summed E-state index contributed by atoms with van der Waals surface area (Å²) in [4.78, 5) is 37.1. The largest absolute Gasteiger partial charge is 0.469 e. The van der Waals surface area contributed by atoms with Crippen LogP contribution in [-0.4, -0.2) is 24.9 Å². The first-order valence-corrected chi connectivity index (χ1v) is 6.75. The van der Waals surface area contributed by atoms with Gasteiger partial charge in [-0.2, -0.15) is 0 Å². The number of imide groups is 1. The number of carbonyl (C=O) groups is 3. The Labute approximate surface area is 127 Å². The maximum Gasteiger partial charge on any atom is 0.309 e. The molecule has 110 valence electrons. The fourth-order valence-corrected chi connectivity index (χ4v) is 2.43. The number of methoxy groups -OCH3 is 1. The third-order valence-electron chi connectivity index (χ3n) is 3.56. The Bertz CT molecular complexity index is 729. The predicted molar refractivity (Wildman–Crippen MR) is 79.7 cm³/mol. The van der Waals surface area contributed by atoms with Crippen LogP contribution in [0.2, 0.25) is 0 Å². The van der Waals surface area contributed by atoms with Gasteiger partial charge in [-0.15, -0.1) is 0 Å². The maximum absolute atomic E-state index is 12.3. The van der Waals surface area contributed by atoms with E-state index in [9.17, 15) is 14.4 Å². The number of benzene rings is 2. The van der Waals surface area contributed by atoms with Crippen LogP contribution in [0.15, 0.2) is 48.5 Å². The van der Waals surface area contributed by atoms with Crippen LogP contribution in [-0.2, 0) is 16.0 Å². The molecule has 3 rings (SSSR count). The molecular formula is C17H13NO4. The van der Waals surface area contributed by atoms with Gasteiger partial charge in [-0.05, 0) is 29.8 Å². The minimum atomic E-state index is -0.339. The number of esters is 1. The number of rotatable bonds is 3. The van der Waals surface area contributed by atoms with Crippen LogP contribution in [0.1, 0.15) is 26.3 Å². The average molecular weight is 295 g/mol. The zero-order chi connectivity index (χ0) is 15.7. The zero-order valence-corrected chi connectivity index (χ0v) is 11.9. The van der Waals surface area contributed by atoms with Crippen molar-refractivity contribution < 1.29 is 19.1 Å². The van der Waals surface area contributed by atoms with Crippen molar-refractivity contribution in [1.82, 2.24) is 0 Å². The first kappa shape index (κ1) is 14.0. The van der Waals surface area contributed by atoms with Crippen molar-refractivity contribution in [2.75, 3.05) is 12.0 Å². The molecule has 0 saturated heterocycles. The molecule has 0 N–H and O–H groups in total. The number of carbonyl (C=O) groups excluding carboxylic acids is 3. The van der Waals surface area contributed by atoms with Crippen LogP contribution in [0.4, 0.5) is 5.69 Å². The van der Waals surface area contributed by atoms with Gasteiger partial charge in [0.15, 0.2) is 0 Å². The van der Waals surface area contributed by atoms with E-state index in [1.165, 1.54) is 7.11 Å². The number of fused-ring (bicyclic) bond motifs is 1. The minimum absolute atomic E-state index is 0.152. The monoisotopic (exact) mass is 295 g/mol. The Morgan fingerprint density at radius 1 is 0.955 bits per heavy atom. The number of hydrogen-bond donors (Lipinski definition) is 0. The molecule has 22 heavy (non-hydrogen) atoms. The van der Waals surface area contributed by atoms with Gasteiger partial charge < -0.3 is 4.74 Å². The van der Waals surface area contributed by atoms with Crippen molar-refractivity contribution in [3.63, 3.8) is 0 Å².